The van der Waals surface area contributed by atoms with Crippen LogP contribution >= 0.6 is 23.2 Å². The van der Waals surface area contributed by atoms with Crippen molar-refractivity contribution in [2.45, 2.75) is 19.1 Å². The van der Waals surface area contributed by atoms with Gasteiger partial charge >= 0.3 is 0 Å². The van der Waals surface area contributed by atoms with E-state index in [0.29, 0.717) is 16.6 Å². The van der Waals surface area contributed by atoms with Gasteiger partial charge in [-0.2, -0.15) is 0 Å². The van der Waals surface area contributed by atoms with E-state index < -0.39 is 10.8 Å². The van der Waals surface area contributed by atoms with Crippen molar-refractivity contribution in [3.63, 3.8) is 0 Å². The number of amides is 1. The van der Waals surface area contributed by atoms with Crippen molar-refractivity contribution in [1.82, 2.24) is 5.32 Å². The van der Waals surface area contributed by atoms with Crippen LogP contribution in [0.25, 0.3) is 0 Å². The number of carbonyl (C=O) groups is 1. The number of carbonyl (C=O) groups excluding carboxylic acids is 1. The maximum Gasteiger partial charge on any atom is 0.232 e. The SMILES string of the molecule is CCCNC(=O)C[S@](=O)Cc1ccc(Cl)cc1Cl. The molecule has 18 heavy (non-hydrogen) atoms. The van der Waals surface area contributed by atoms with Crippen molar-refractivity contribution in [3.05, 3.63) is 33.8 Å². The number of benzene rings is 1. The predicted molar refractivity (Wildman–Crippen MR) is 76.5 cm³/mol. The van der Waals surface area contributed by atoms with Crippen molar-refractivity contribution in [2.24, 2.45) is 0 Å². The highest BCUT2D eigenvalue weighted by Crippen LogP contribution is 2.22. The van der Waals surface area contributed by atoms with Gasteiger partial charge in [0.25, 0.3) is 0 Å². The Morgan fingerprint density at radius 1 is 1.39 bits per heavy atom. The smallest absolute Gasteiger partial charge is 0.232 e. The zero-order valence-corrected chi connectivity index (χ0v) is 12.4. The third-order valence-corrected chi connectivity index (χ3v) is 4.00. The van der Waals surface area contributed by atoms with Crippen LogP contribution in [0.3, 0.4) is 0 Å². The van der Waals surface area contributed by atoms with E-state index in [1.54, 1.807) is 18.2 Å². The van der Waals surface area contributed by atoms with Crippen molar-refractivity contribution in [1.29, 1.82) is 0 Å². The summed E-state index contributed by atoms with van der Waals surface area (Å²) < 4.78 is 11.8. The normalized spacial score (nSPS) is 12.2. The lowest BCUT2D eigenvalue weighted by Crippen LogP contribution is -2.29. The van der Waals surface area contributed by atoms with Gasteiger partial charge in [0.05, 0.1) is 5.75 Å². The standard InChI is InChI=1S/C12H15Cl2NO2S/c1-2-5-15-12(16)8-18(17)7-9-3-4-10(13)6-11(9)14/h3-4,6H,2,5,7-8H2,1H3,(H,15,16)/t18-/m1/s1. The first-order valence-electron chi connectivity index (χ1n) is 5.58. The van der Waals surface area contributed by atoms with Crippen LogP contribution < -0.4 is 5.32 Å². The zero-order valence-electron chi connectivity index (χ0n) is 10.0. The summed E-state index contributed by atoms with van der Waals surface area (Å²) >= 11 is 11.7. The van der Waals surface area contributed by atoms with Gasteiger partial charge in [0, 0.05) is 27.4 Å². The molecule has 1 aromatic rings. The summed E-state index contributed by atoms with van der Waals surface area (Å²) in [5.41, 5.74) is 0.739. The molecule has 1 amide bonds. The Labute approximate surface area is 119 Å². The number of rotatable bonds is 6. The molecule has 0 aliphatic rings. The lowest BCUT2D eigenvalue weighted by Gasteiger charge is -2.06. The summed E-state index contributed by atoms with van der Waals surface area (Å²) in [6, 6.07) is 5.02. The van der Waals surface area contributed by atoms with Crippen molar-refractivity contribution in [3.8, 4) is 0 Å². The Kier molecular flexibility index (Phi) is 6.68. The highest BCUT2D eigenvalue weighted by atomic mass is 35.5. The monoisotopic (exact) mass is 307 g/mol. The second-order valence-electron chi connectivity index (χ2n) is 3.81. The summed E-state index contributed by atoms with van der Waals surface area (Å²) in [6.45, 7) is 2.57. The van der Waals surface area contributed by atoms with Gasteiger partial charge in [-0.15, -0.1) is 0 Å². The lowest BCUT2D eigenvalue weighted by atomic mass is 10.2. The minimum Gasteiger partial charge on any atom is -0.355 e. The Hall–Kier alpha value is -0.580. The summed E-state index contributed by atoms with van der Waals surface area (Å²) in [7, 11) is -1.26. The molecule has 3 nitrogen and oxygen atoms in total. The molecule has 0 saturated carbocycles. The molecule has 0 aliphatic heterocycles. The zero-order chi connectivity index (χ0) is 13.5. The average Bonchev–Trinajstić information content (AvgIpc) is 2.30. The van der Waals surface area contributed by atoms with Gasteiger partial charge in [0.1, 0.15) is 5.75 Å². The van der Waals surface area contributed by atoms with Gasteiger partial charge in [-0.1, -0.05) is 36.2 Å². The Morgan fingerprint density at radius 3 is 2.72 bits per heavy atom. The summed E-state index contributed by atoms with van der Waals surface area (Å²) in [5, 5.41) is 3.70. The fourth-order valence-electron chi connectivity index (χ4n) is 1.32. The van der Waals surface area contributed by atoms with Crippen LogP contribution in [0.2, 0.25) is 10.0 Å². The molecule has 6 heteroatoms. The number of hydrogen-bond acceptors (Lipinski definition) is 2. The molecule has 0 bridgehead atoms. The summed E-state index contributed by atoms with van der Waals surface area (Å²) in [4.78, 5) is 11.4. The lowest BCUT2D eigenvalue weighted by molar-refractivity contribution is -0.118. The van der Waals surface area contributed by atoms with E-state index in [-0.39, 0.29) is 17.4 Å². The molecular weight excluding hydrogens is 293 g/mol. The maximum absolute atomic E-state index is 11.8. The Morgan fingerprint density at radius 2 is 2.11 bits per heavy atom. The van der Waals surface area contributed by atoms with Gasteiger partial charge in [-0.05, 0) is 24.1 Å². The molecular formula is C12H15Cl2NO2S. The van der Waals surface area contributed by atoms with Crippen LogP contribution in [-0.2, 0) is 21.3 Å². The number of hydrogen-bond donors (Lipinski definition) is 1. The Bertz CT molecular complexity index is 452. The Balaban J connectivity index is 2.51. The highest BCUT2D eigenvalue weighted by molar-refractivity contribution is 7.84. The topological polar surface area (TPSA) is 46.2 Å². The van der Waals surface area contributed by atoms with Gasteiger partial charge in [-0.25, -0.2) is 0 Å². The van der Waals surface area contributed by atoms with Crippen molar-refractivity contribution >= 4 is 39.9 Å². The van der Waals surface area contributed by atoms with E-state index >= 15 is 0 Å². The summed E-state index contributed by atoms with van der Waals surface area (Å²) in [6.07, 6.45) is 0.862. The molecule has 0 radical (unpaired) electrons. The fraction of sp³-hybridized carbons (Fsp3) is 0.417. The second kappa shape index (κ2) is 7.77. The molecule has 0 aromatic heterocycles. The van der Waals surface area contributed by atoms with Crippen molar-refractivity contribution < 1.29 is 9.00 Å². The third kappa shape index (κ3) is 5.38. The quantitative estimate of drug-likeness (QED) is 0.878. The average molecular weight is 308 g/mol. The fourth-order valence-corrected chi connectivity index (χ4v) is 2.97. The van der Waals surface area contributed by atoms with E-state index in [0.717, 1.165) is 12.0 Å². The van der Waals surface area contributed by atoms with Gasteiger partial charge in [0.2, 0.25) is 5.91 Å². The molecule has 1 atom stereocenters. The van der Waals surface area contributed by atoms with Crippen molar-refractivity contribution in [2.75, 3.05) is 12.3 Å². The molecule has 0 saturated heterocycles. The minimum absolute atomic E-state index is 0.00104. The molecule has 100 valence electrons. The summed E-state index contributed by atoms with van der Waals surface area (Å²) in [5.74, 6) is 0.0642. The van der Waals surface area contributed by atoms with Gasteiger partial charge < -0.3 is 5.32 Å². The van der Waals surface area contributed by atoms with Gasteiger partial charge in [0.15, 0.2) is 0 Å². The number of halogens is 2. The predicted octanol–water partition coefficient (Wildman–Crippen LogP) is 2.77. The molecule has 0 fully saturated rings. The van der Waals surface area contributed by atoms with E-state index in [1.165, 1.54) is 0 Å². The van der Waals surface area contributed by atoms with Crippen LogP contribution in [0.1, 0.15) is 18.9 Å². The number of nitrogens with one attached hydrogen (secondary N) is 1. The molecule has 1 aromatic carbocycles. The first-order valence-corrected chi connectivity index (χ1v) is 7.83. The molecule has 0 aliphatic carbocycles. The first kappa shape index (κ1) is 15.5. The molecule has 0 spiro atoms. The molecule has 0 heterocycles. The second-order valence-corrected chi connectivity index (χ2v) is 6.11. The van der Waals surface area contributed by atoms with Crippen LogP contribution in [0.4, 0.5) is 0 Å². The van der Waals surface area contributed by atoms with Crippen LogP contribution in [0.5, 0.6) is 0 Å². The van der Waals surface area contributed by atoms with Gasteiger partial charge in [-0.3, -0.25) is 9.00 Å². The molecule has 1 N–H and O–H groups in total. The van der Waals surface area contributed by atoms with E-state index in [2.05, 4.69) is 5.32 Å². The van der Waals surface area contributed by atoms with E-state index in [4.69, 9.17) is 23.2 Å². The largest absolute Gasteiger partial charge is 0.355 e. The molecule has 1 rings (SSSR count). The van der Waals surface area contributed by atoms with Crippen LogP contribution in [0.15, 0.2) is 18.2 Å². The van der Waals surface area contributed by atoms with Crippen LogP contribution in [-0.4, -0.2) is 22.4 Å². The first-order chi connectivity index (χ1) is 8.52. The molecule has 0 unspecified atom stereocenters. The maximum atomic E-state index is 11.8. The van der Waals surface area contributed by atoms with Crippen LogP contribution in [0, 0.1) is 0 Å². The minimum atomic E-state index is -1.26. The van der Waals surface area contributed by atoms with E-state index in [1.807, 2.05) is 6.92 Å². The van der Waals surface area contributed by atoms with E-state index in [9.17, 15) is 9.00 Å². The third-order valence-electron chi connectivity index (χ3n) is 2.20. The highest BCUT2D eigenvalue weighted by Gasteiger charge is 2.10.